The fourth-order valence-electron chi connectivity index (χ4n) is 3.65. The van der Waals surface area contributed by atoms with Crippen LogP contribution in [0.2, 0.25) is 5.02 Å². The lowest BCUT2D eigenvalue weighted by molar-refractivity contribution is 0.0594. The first kappa shape index (κ1) is 21.9. The second-order valence-corrected chi connectivity index (χ2v) is 8.86. The number of rotatable bonds is 6. The van der Waals surface area contributed by atoms with Crippen LogP contribution in [0.15, 0.2) is 63.5 Å². The Morgan fingerprint density at radius 1 is 1.06 bits per heavy atom. The van der Waals surface area contributed by atoms with Gasteiger partial charge in [0.2, 0.25) is 0 Å². The molecule has 1 amide bonds. The van der Waals surface area contributed by atoms with Gasteiger partial charge >= 0.3 is 0 Å². The van der Waals surface area contributed by atoms with E-state index in [1.165, 1.54) is 5.56 Å². The largest absolute Gasteiger partial charge is 0.484 e. The Morgan fingerprint density at radius 3 is 2.58 bits per heavy atom. The molecule has 1 saturated heterocycles. The van der Waals surface area contributed by atoms with Crippen molar-refractivity contribution in [1.29, 1.82) is 0 Å². The average molecular weight is 504 g/mol. The molecule has 4 rings (SSSR count). The van der Waals surface area contributed by atoms with Crippen LogP contribution in [0.3, 0.4) is 0 Å². The van der Waals surface area contributed by atoms with Gasteiger partial charge < -0.3 is 14.1 Å². The van der Waals surface area contributed by atoms with Gasteiger partial charge in [0.05, 0.1) is 5.02 Å². The molecule has 0 atom stereocenters. The summed E-state index contributed by atoms with van der Waals surface area (Å²) in [6.07, 6.45) is 0. The number of ether oxygens (including phenoxy) is 1. The minimum atomic E-state index is -0.0827. The standard InChI is InChI=1S/C24H24BrClN2O3/c1-17-5-4-8-21(26)23(17)30-16-19-9-10-22(31-19)24(29)28-13-11-27(12-14-28)15-18-6-2-3-7-20(18)25/h2-10H,11-16H2,1H3. The van der Waals surface area contributed by atoms with E-state index in [0.717, 1.165) is 29.7 Å². The Hall–Kier alpha value is -2.28. The van der Waals surface area contributed by atoms with Crippen molar-refractivity contribution in [1.82, 2.24) is 9.80 Å². The highest BCUT2D eigenvalue weighted by Gasteiger charge is 2.24. The fraction of sp³-hybridized carbons (Fsp3) is 0.292. The van der Waals surface area contributed by atoms with Crippen molar-refractivity contribution in [3.05, 3.63) is 86.7 Å². The molecule has 2 heterocycles. The maximum absolute atomic E-state index is 12.9. The van der Waals surface area contributed by atoms with Crippen LogP contribution < -0.4 is 4.74 Å². The van der Waals surface area contributed by atoms with E-state index in [2.05, 4.69) is 33.0 Å². The van der Waals surface area contributed by atoms with Crippen molar-refractivity contribution in [2.75, 3.05) is 26.2 Å². The molecule has 1 aliphatic heterocycles. The number of benzene rings is 2. The number of carbonyl (C=O) groups is 1. The molecule has 2 aromatic carbocycles. The molecule has 1 fully saturated rings. The molecule has 3 aromatic rings. The number of furan rings is 1. The highest BCUT2D eigenvalue weighted by atomic mass is 79.9. The van der Waals surface area contributed by atoms with Gasteiger partial charge in [0.1, 0.15) is 18.1 Å². The molecule has 0 saturated carbocycles. The van der Waals surface area contributed by atoms with E-state index in [1.807, 2.05) is 36.1 Å². The topological polar surface area (TPSA) is 45.9 Å². The lowest BCUT2D eigenvalue weighted by atomic mass is 10.2. The molecule has 1 aromatic heterocycles. The van der Waals surface area contributed by atoms with E-state index in [-0.39, 0.29) is 12.5 Å². The van der Waals surface area contributed by atoms with Crippen molar-refractivity contribution in [3.8, 4) is 5.75 Å². The van der Waals surface area contributed by atoms with Crippen molar-refractivity contribution < 1.29 is 13.9 Å². The number of carbonyl (C=O) groups excluding carboxylic acids is 1. The Bertz CT molecular complexity index is 1040. The molecule has 162 valence electrons. The normalized spacial score (nSPS) is 14.6. The molecular formula is C24H24BrClN2O3. The fourth-order valence-corrected chi connectivity index (χ4v) is 4.33. The Kier molecular flexibility index (Phi) is 7.00. The molecule has 0 bridgehead atoms. The summed E-state index contributed by atoms with van der Waals surface area (Å²) < 4.78 is 12.7. The minimum Gasteiger partial charge on any atom is -0.484 e. The minimum absolute atomic E-state index is 0.0827. The summed E-state index contributed by atoms with van der Waals surface area (Å²) in [4.78, 5) is 17.1. The first-order valence-corrected chi connectivity index (χ1v) is 11.4. The summed E-state index contributed by atoms with van der Waals surface area (Å²) in [7, 11) is 0. The van der Waals surface area contributed by atoms with Gasteiger partial charge in [-0.1, -0.05) is 57.9 Å². The monoisotopic (exact) mass is 502 g/mol. The number of nitrogens with zero attached hydrogens (tertiary/aromatic N) is 2. The second kappa shape index (κ2) is 9.90. The SMILES string of the molecule is Cc1cccc(Cl)c1OCc1ccc(C(=O)N2CCN(Cc3ccccc3Br)CC2)o1. The van der Waals surface area contributed by atoms with Crippen LogP contribution in [0.5, 0.6) is 5.75 Å². The number of aryl methyl sites for hydroxylation is 1. The van der Waals surface area contributed by atoms with E-state index >= 15 is 0 Å². The van der Waals surface area contributed by atoms with E-state index in [9.17, 15) is 4.79 Å². The van der Waals surface area contributed by atoms with E-state index in [0.29, 0.717) is 35.4 Å². The summed E-state index contributed by atoms with van der Waals surface area (Å²) in [6, 6.07) is 17.3. The second-order valence-electron chi connectivity index (χ2n) is 7.60. The van der Waals surface area contributed by atoms with Crippen LogP contribution in [0.1, 0.15) is 27.4 Å². The number of hydrogen-bond donors (Lipinski definition) is 0. The Balaban J connectivity index is 1.30. The third-order valence-corrected chi connectivity index (χ3v) is 6.48. The van der Waals surface area contributed by atoms with Crippen LogP contribution in [0.25, 0.3) is 0 Å². The maximum Gasteiger partial charge on any atom is 0.289 e. The molecular weight excluding hydrogens is 480 g/mol. The van der Waals surface area contributed by atoms with E-state index in [1.54, 1.807) is 18.2 Å². The zero-order chi connectivity index (χ0) is 21.8. The Morgan fingerprint density at radius 2 is 1.84 bits per heavy atom. The van der Waals surface area contributed by atoms with Crippen LogP contribution in [0, 0.1) is 6.92 Å². The van der Waals surface area contributed by atoms with Gasteiger partial charge in [0, 0.05) is 37.2 Å². The van der Waals surface area contributed by atoms with Crippen LogP contribution in [-0.4, -0.2) is 41.9 Å². The molecule has 0 aliphatic carbocycles. The average Bonchev–Trinajstić information content (AvgIpc) is 3.24. The maximum atomic E-state index is 12.9. The van der Waals surface area contributed by atoms with Crippen molar-refractivity contribution in [2.45, 2.75) is 20.1 Å². The third kappa shape index (κ3) is 5.32. The van der Waals surface area contributed by atoms with Crippen molar-refractivity contribution in [3.63, 3.8) is 0 Å². The van der Waals surface area contributed by atoms with Crippen molar-refractivity contribution >= 4 is 33.4 Å². The zero-order valence-corrected chi connectivity index (χ0v) is 19.7. The van der Waals surface area contributed by atoms with Gasteiger partial charge in [-0.15, -0.1) is 0 Å². The predicted octanol–water partition coefficient (Wildman–Crippen LogP) is 5.54. The first-order valence-electron chi connectivity index (χ1n) is 10.2. The molecule has 7 heteroatoms. The van der Waals surface area contributed by atoms with Gasteiger partial charge in [-0.3, -0.25) is 9.69 Å². The summed E-state index contributed by atoms with van der Waals surface area (Å²) in [5.74, 6) is 1.49. The van der Waals surface area contributed by atoms with Crippen LogP contribution in [0.4, 0.5) is 0 Å². The molecule has 0 radical (unpaired) electrons. The number of hydrogen-bond acceptors (Lipinski definition) is 4. The van der Waals surface area contributed by atoms with Gasteiger partial charge in [-0.05, 0) is 42.3 Å². The van der Waals surface area contributed by atoms with Crippen molar-refractivity contribution in [2.24, 2.45) is 0 Å². The number of halogens is 2. The Labute approximate surface area is 195 Å². The molecule has 1 aliphatic rings. The summed E-state index contributed by atoms with van der Waals surface area (Å²) in [5.41, 5.74) is 2.21. The highest BCUT2D eigenvalue weighted by molar-refractivity contribution is 9.10. The van der Waals surface area contributed by atoms with E-state index < -0.39 is 0 Å². The van der Waals surface area contributed by atoms with E-state index in [4.69, 9.17) is 20.8 Å². The number of para-hydroxylation sites is 1. The highest BCUT2D eigenvalue weighted by Crippen LogP contribution is 2.29. The smallest absolute Gasteiger partial charge is 0.289 e. The third-order valence-electron chi connectivity index (χ3n) is 5.41. The molecule has 31 heavy (non-hydrogen) atoms. The molecule has 0 N–H and O–H groups in total. The summed E-state index contributed by atoms with van der Waals surface area (Å²) in [5, 5.41) is 0.559. The van der Waals surface area contributed by atoms with Gasteiger partial charge in [-0.2, -0.15) is 0 Å². The zero-order valence-electron chi connectivity index (χ0n) is 17.3. The molecule has 5 nitrogen and oxygen atoms in total. The summed E-state index contributed by atoms with van der Waals surface area (Å²) >= 11 is 9.81. The predicted molar refractivity (Wildman–Crippen MR) is 125 cm³/mol. The lowest BCUT2D eigenvalue weighted by Crippen LogP contribution is -2.48. The summed E-state index contributed by atoms with van der Waals surface area (Å²) in [6.45, 7) is 6.04. The number of piperazine rings is 1. The van der Waals surface area contributed by atoms with Crippen LogP contribution in [-0.2, 0) is 13.2 Å². The first-order chi connectivity index (χ1) is 15.0. The molecule has 0 spiro atoms. The molecule has 0 unspecified atom stereocenters. The van der Waals surface area contributed by atoms with Crippen LogP contribution >= 0.6 is 27.5 Å². The van der Waals surface area contributed by atoms with Gasteiger partial charge in [0.15, 0.2) is 5.76 Å². The lowest BCUT2D eigenvalue weighted by Gasteiger charge is -2.34. The quantitative estimate of drug-likeness (QED) is 0.443. The number of amides is 1. The van der Waals surface area contributed by atoms with Gasteiger partial charge in [0.25, 0.3) is 5.91 Å². The van der Waals surface area contributed by atoms with Gasteiger partial charge in [-0.25, -0.2) is 0 Å².